The lowest BCUT2D eigenvalue weighted by Gasteiger charge is -2.36. The Morgan fingerprint density at radius 2 is 1.70 bits per heavy atom. The van der Waals surface area contributed by atoms with Crippen molar-refractivity contribution >= 4 is 11.9 Å². The van der Waals surface area contributed by atoms with E-state index in [1.54, 1.807) is 0 Å². The minimum Gasteiger partial charge on any atom is -0.462 e. The van der Waals surface area contributed by atoms with Crippen LogP contribution in [0.5, 0.6) is 0 Å². The maximum Gasteiger partial charge on any atom is 0.330 e. The van der Waals surface area contributed by atoms with Gasteiger partial charge in [-0.1, -0.05) is 60.3 Å². The van der Waals surface area contributed by atoms with Crippen molar-refractivity contribution in [3.05, 3.63) is 48.0 Å². The number of hydrogen-bond acceptors (Lipinski definition) is 3. The van der Waals surface area contributed by atoms with Gasteiger partial charge in [-0.2, -0.15) is 0 Å². The van der Waals surface area contributed by atoms with Crippen molar-refractivity contribution in [3.63, 3.8) is 0 Å². The summed E-state index contributed by atoms with van der Waals surface area (Å²) in [5.74, 6) is -0.130. The minimum absolute atomic E-state index is 0.111. The number of rotatable bonds is 8. The molecular formula is C23H35NO3. The first-order chi connectivity index (χ1) is 12.4. The fraction of sp³-hybridized carbons (Fsp3) is 0.565. The number of carbonyl (C=O) groups excluding carboxylic acids is 2. The van der Waals surface area contributed by atoms with Crippen LogP contribution in [0.4, 0.5) is 0 Å². The summed E-state index contributed by atoms with van der Waals surface area (Å²) in [6.45, 7) is 17.7. The molecule has 1 rings (SSSR count). The summed E-state index contributed by atoms with van der Waals surface area (Å²) in [6.07, 6.45) is 2.79. The zero-order valence-corrected chi connectivity index (χ0v) is 17.7. The molecule has 27 heavy (non-hydrogen) atoms. The maximum atomic E-state index is 12.3. The van der Waals surface area contributed by atoms with Crippen LogP contribution in [-0.4, -0.2) is 25.0 Å². The minimum atomic E-state index is -0.444. The molecule has 1 unspecified atom stereocenters. The third kappa shape index (κ3) is 8.42. The molecule has 4 nitrogen and oxygen atoms in total. The molecule has 0 aliphatic rings. The zero-order valence-electron chi connectivity index (χ0n) is 17.7. The van der Waals surface area contributed by atoms with Crippen LogP contribution < -0.4 is 5.32 Å². The Hall–Kier alpha value is -2.10. The Balaban J connectivity index is 2.66. The molecule has 1 N–H and O–H groups in total. The average molecular weight is 374 g/mol. The second-order valence-corrected chi connectivity index (χ2v) is 9.29. The predicted octanol–water partition coefficient (Wildman–Crippen LogP) is 5.10. The number of amides is 1. The lowest BCUT2D eigenvalue weighted by molar-refractivity contribution is -0.137. The lowest BCUT2D eigenvalue weighted by atomic mass is 9.69. The number of benzene rings is 1. The van der Waals surface area contributed by atoms with Gasteiger partial charge in [0, 0.05) is 18.2 Å². The maximum absolute atomic E-state index is 12.3. The van der Waals surface area contributed by atoms with Crippen LogP contribution >= 0.6 is 0 Å². The highest BCUT2D eigenvalue weighted by Crippen LogP contribution is 2.42. The first kappa shape index (κ1) is 22.9. The molecule has 0 radical (unpaired) electrons. The largest absolute Gasteiger partial charge is 0.462 e. The number of esters is 1. The molecule has 0 saturated heterocycles. The molecule has 0 aliphatic carbocycles. The van der Waals surface area contributed by atoms with Gasteiger partial charge in [-0.15, -0.1) is 0 Å². The molecule has 0 bridgehead atoms. The Morgan fingerprint density at radius 3 is 2.19 bits per heavy atom. The molecular weight excluding hydrogens is 338 g/mol. The summed E-state index contributed by atoms with van der Waals surface area (Å²) in [6, 6.07) is 7.93. The summed E-state index contributed by atoms with van der Waals surface area (Å²) in [5.41, 5.74) is 2.30. The molecule has 0 fully saturated rings. The van der Waals surface area contributed by atoms with Crippen molar-refractivity contribution in [1.29, 1.82) is 0 Å². The van der Waals surface area contributed by atoms with Crippen LogP contribution in [0, 0.1) is 10.8 Å². The highest BCUT2D eigenvalue weighted by Gasteiger charge is 2.30. The van der Waals surface area contributed by atoms with Crippen LogP contribution in [-0.2, 0) is 9.53 Å². The smallest absolute Gasteiger partial charge is 0.330 e. The van der Waals surface area contributed by atoms with Gasteiger partial charge in [0.05, 0.1) is 6.61 Å². The van der Waals surface area contributed by atoms with E-state index in [0.717, 1.165) is 12.5 Å². The molecule has 0 spiro atoms. The van der Waals surface area contributed by atoms with Crippen molar-refractivity contribution in [1.82, 2.24) is 5.32 Å². The fourth-order valence-corrected chi connectivity index (χ4v) is 3.01. The average Bonchev–Trinajstić information content (AvgIpc) is 2.57. The highest BCUT2D eigenvalue weighted by molar-refractivity contribution is 5.94. The van der Waals surface area contributed by atoms with Gasteiger partial charge in [0.25, 0.3) is 5.91 Å². The van der Waals surface area contributed by atoms with E-state index in [1.807, 2.05) is 12.1 Å². The number of ether oxygens (including phenoxy) is 1. The van der Waals surface area contributed by atoms with E-state index < -0.39 is 5.97 Å². The molecule has 150 valence electrons. The molecule has 0 saturated carbocycles. The lowest BCUT2D eigenvalue weighted by Crippen LogP contribution is -2.26. The monoisotopic (exact) mass is 373 g/mol. The van der Waals surface area contributed by atoms with Gasteiger partial charge in [0.15, 0.2) is 0 Å². The second-order valence-electron chi connectivity index (χ2n) is 9.29. The van der Waals surface area contributed by atoms with Gasteiger partial charge in [-0.05, 0) is 47.3 Å². The van der Waals surface area contributed by atoms with E-state index in [4.69, 9.17) is 4.74 Å². The van der Waals surface area contributed by atoms with Crippen molar-refractivity contribution < 1.29 is 14.3 Å². The van der Waals surface area contributed by atoms with E-state index in [-0.39, 0.29) is 23.3 Å². The standard InChI is InChI=1S/C23H35NO3/c1-8-20(25)27-15-9-14-24-21(26)18-12-10-17(11-13-18)19(23(5,6)7)16-22(2,3)4/h8,10-13,19H,1,9,14-16H2,2-7H3,(H,24,26). The molecule has 1 amide bonds. The van der Waals surface area contributed by atoms with Crippen LogP contribution in [0.2, 0.25) is 0 Å². The van der Waals surface area contributed by atoms with E-state index in [0.29, 0.717) is 24.4 Å². The van der Waals surface area contributed by atoms with Gasteiger partial charge >= 0.3 is 5.97 Å². The highest BCUT2D eigenvalue weighted by atomic mass is 16.5. The van der Waals surface area contributed by atoms with Crippen molar-refractivity contribution in [2.75, 3.05) is 13.2 Å². The van der Waals surface area contributed by atoms with Gasteiger partial charge in [0.2, 0.25) is 0 Å². The molecule has 0 aliphatic heterocycles. The van der Waals surface area contributed by atoms with E-state index in [2.05, 4.69) is 65.6 Å². The summed E-state index contributed by atoms with van der Waals surface area (Å²) in [4.78, 5) is 23.2. The second kappa shape index (κ2) is 9.72. The normalized spacial score (nSPS) is 13.0. The Morgan fingerprint density at radius 1 is 1.11 bits per heavy atom. The first-order valence-corrected chi connectivity index (χ1v) is 9.61. The third-order valence-corrected chi connectivity index (χ3v) is 4.45. The van der Waals surface area contributed by atoms with E-state index in [9.17, 15) is 9.59 Å². The van der Waals surface area contributed by atoms with E-state index in [1.165, 1.54) is 5.56 Å². The SMILES string of the molecule is C=CC(=O)OCCCNC(=O)c1ccc(C(CC(C)(C)C)C(C)(C)C)cc1. The first-order valence-electron chi connectivity index (χ1n) is 9.61. The summed E-state index contributed by atoms with van der Waals surface area (Å²) < 4.78 is 4.88. The number of nitrogens with one attached hydrogen (secondary N) is 1. The quantitative estimate of drug-likeness (QED) is 0.392. The van der Waals surface area contributed by atoms with Crippen molar-refractivity contribution in [3.8, 4) is 0 Å². The number of hydrogen-bond donors (Lipinski definition) is 1. The van der Waals surface area contributed by atoms with Crippen LogP contribution in [0.15, 0.2) is 36.9 Å². The molecule has 0 aromatic heterocycles. The van der Waals surface area contributed by atoms with Gasteiger partial charge in [-0.3, -0.25) is 4.79 Å². The molecule has 4 heteroatoms. The number of carbonyl (C=O) groups is 2. The third-order valence-electron chi connectivity index (χ3n) is 4.45. The Bertz CT molecular complexity index is 633. The molecule has 1 atom stereocenters. The molecule has 1 aromatic carbocycles. The molecule has 1 aromatic rings. The Kier molecular flexibility index (Phi) is 8.26. The van der Waals surface area contributed by atoms with Crippen LogP contribution in [0.3, 0.4) is 0 Å². The molecule has 0 heterocycles. The zero-order chi connectivity index (χ0) is 20.7. The van der Waals surface area contributed by atoms with Crippen molar-refractivity contribution in [2.24, 2.45) is 10.8 Å². The predicted molar refractivity (Wildman–Crippen MR) is 111 cm³/mol. The summed E-state index contributed by atoms with van der Waals surface area (Å²) in [5, 5.41) is 2.85. The summed E-state index contributed by atoms with van der Waals surface area (Å²) in [7, 11) is 0. The fourth-order valence-electron chi connectivity index (χ4n) is 3.01. The van der Waals surface area contributed by atoms with Crippen molar-refractivity contribution in [2.45, 2.75) is 60.3 Å². The van der Waals surface area contributed by atoms with Crippen LogP contribution in [0.1, 0.15) is 76.2 Å². The van der Waals surface area contributed by atoms with Gasteiger partial charge < -0.3 is 10.1 Å². The van der Waals surface area contributed by atoms with Gasteiger partial charge in [0.1, 0.15) is 0 Å². The van der Waals surface area contributed by atoms with Crippen LogP contribution in [0.25, 0.3) is 0 Å². The van der Waals surface area contributed by atoms with Gasteiger partial charge in [-0.25, -0.2) is 4.79 Å². The Labute approximate surface area is 164 Å². The summed E-state index contributed by atoms with van der Waals surface area (Å²) >= 11 is 0. The topological polar surface area (TPSA) is 55.4 Å². The van der Waals surface area contributed by atoms with E-state index >= 15 is 0 Å².